The lowest BCUT2D eigenvalue weighted by Crippen LogP contribution is -2.52. The van der Waals surface area contributed by atoms with Gasteiger partial charge in [0, 0.05) is 40.3 Å². The molecule has 0 radical (unpaired) electrons. The van der Waals surface area contributed by atoms with E-state index in [0.717, 1.165) is 11.8 Å². The van der Waals surface area contributed by atoms with Crippen LogP contribution in [-0.4, -0.2) is 27.6 Å². The number of hydrogen-bond donors (Lipinski definition) is 0. The van der Waals surface area contributed by atoms with Crippen molar-refractivity contribution in [2.75, 3.05) is 0 Å². The Morgan fingerprint density at radius 1 is 0.625 bits per heavy atom. The zero-order chi connectivity index (χ0) is 31.9. The normalized spacial score (nSPS) is 34.6. The molecule has 0 aromatic carbocycles. The van der Waals surface area contributed by atoms with Gasteiger partial charge in [0.25, 0.3) is 0 Å². The fourth-order valence-corrected chi connectivity index (χ4v) is 11.7. The van der Waals surface area contributed by atoms with Crippen molar-refractivity contribution in [1.82, 2.24) is 9.47 Å². The first kappa shape index (κ1) is 31.4. The van der Waals surface area contributed by atoms with E-state index in [0.29, 0.717) is 30.1 Å². The van der Waals surface area contributed by atoms with Crippen LogP contribution in [0, 0.1) is 17.8 Å². The molecule has 1 heterocycles. The van der Waals surface area contributed by atoms with Crippen LogP contribution >= 0.6 is 0 Å². The summed E-state index contributed by atoms with van der Waals surface area (Å²) in [5.74, 6) is 2.50. The second-order valence-electron chi connectivity index (χ2n) is 16.8. The second-order valence-corrected chi connectivity index (χ2v) is 16.8. The highest BCUT2D eigenvalue weighted by Gasteiger charge is 2.38. The zero-order valence-corrected chi connectivity index (χ0v) is 29.6. The van der Waals surface area contributed by atoms with Crippen LogP contribution < -0.4 is 10.6 Å². The van der Waals surface area contributed by atoms with Gasteiger partial charge in [-0.05, 0) is 163 Å². The van der Waals surface area contributed by atoms with Gasteiger partial charge in [-0.15, -0.1) is 0 Å². The third kappa shape index (κ3) is 5.97. The molecule has 5 atom stereocenters. The molecule has 8 aliphatic carbocycles. The minimum absolute atomic E-state index is 0.514. The molecule has 4 unspecified atom stereocenters. The molecule has 0 N–H and O–H groups in total. The van der Waals surface area contributed by atoms with Gasteiger partial charge < -0.3 is 4.57 Å². The SMILES string of the molecule is C1=CC([C@H]2C=CC(N(C3C=c4c5c(n(C6C=CCCC6)c4=CC3)C3=C(CCCC3)CC5)C3CCC(C4CC=CCC4)CC3)CC2)=CCC1. The van der Waals surface area contributed by atoms with E-state index in [1.165, 1.54) is 135 Å². The average molecular weight is 641 g/mol. The highest BCUT2D eigenvalue weighted by atomic mass is 15.2. The summed E-state index contributed by atoms with van der Waals surface area (Å²) in [6.07, 6.45) is 56.0. The number of rotatable bonds is 6. The summed E-state index contributed by atoms with van der Waals surface area (Å²) in [4.78, 5) is 3.09. The molecule has 1 fully saturated rings. The Labute approximate surface area is 290 Å². The zero-order valence-electron chi connectivity index (χ0n) is 29.6. The molecule has 0 spiro atoms. The Morgan fingerprint density at radius 3 is 2.35 bits per heavy atom. The highest BCUT2D eigenvalue weighted by Crippen LogP contribution is 2.43. The van der Waals surface area contributed by atoms with Gasteiger partial charge in [-0.2, -0.15) is 0 Å². The van der Waals surface area contributed by atoms with E-state index >= 15 is 0 Å². The third-order valence-corrected chi connectivity index (χ3v) is 14.1. The van der Waals surface area contributed by atoms with Crippen LogP contribution in [0.25, 0.3) is 17.7 Å². The van der Waals surface area contributed by atoms with Crippen LogP contribution in [0.4, 0.5) is 0 Å². The summed E-state index contributed by atoms with van der Waals surface area (Å²) in [6.45, 7) is 0. The number of allylic oxidation sites excluding steroid dienone is 11. The summed E-state index contributed by atoms with van der Waals surface area (Å²) in [7, 11) is 0. The molecule has 1 aromatic rings. The Hall–Kier alpha value is -2.58. The van der Waals surface area contributed by atoms with E-state index < -0.39 is 0 Å². The Morgan fingerprint density at radius 2 is 1.56 bits per heavy atom. The van der Waals surface area contributed by atoms with E-state index in [-0.39, 0.29) is 0 Å². The minimum Gasteiger partial charge on any atom is -0.334 e. The standard InChI is InChI=1S/C46H60N2/c1-4-12-33(13-5-1)35-20-25-39(26-21-35)47(40-27-22-36(23-28-40)34-14-6-2-7-15-34)41-29-31-45-44(32-41)43-30-24-37-16-10-11-19-42(37)46(43)48(45)38-17-8-3-9-18-38/h1,4,6,8,14-15,17,22,27,31-33,35-36,38-41H,2-3,5,7,9-13,16,18-21,23-26,28-30H2/t33?,35?,36-,38?,39?,40?,41?/m0/s1. The van der Waals surface area contributed by atoms with Gasteiger partial charge >= 0.3 is 0 Å². The van der Waals surface area contributed by atoms with Crippen molar-refractivity contribution in [3.63, 3.8) is 0 Å². The molecule has 1 saturated carbocycles. The lowest BCUT2D eigenvalue weighted by atomic mass is 9.73. The molecule has 2 nitrogen and oxygen atoms in total. The van der Waals surface area contributed by atoms with Crippen molar-refractivity contribution in [3.8, 4) is 0 Å². The van der Waals surface area contributed by atoms with Crippen LogP contribution in [0.5, 0.6) is 0 Å². The van der Waals surface area contributed by atoms with Crippen molar-refractivity contribution < 1.29 is 0 Å². The van der Waals surface area contributed by atoms with Crippen LogP contribution in [0.2, 0.25) is 0 Å². The molecule has 48 heavy (non-hydrogen) atoms. The first-order chi connectivity index (χ1) is 23.8. The topological polar surface area (TPSA) is 8.17 Å². The Balaban J connectivity index is 1.07. The maximum Gasteiger partial charge on any atom is 0.0522 e. The summed E-state index contributed by atoms with van der Waals surface area (Å²) in [6, 6.07) is 2.33. The molecule has 2 heteroatoms. The van der Waals surface area contributed by atoms with Crippen molar-refractivity contribution in [1.29, 1.82) is 0 Å². The van der Waals surface area contributed by atoms with E-state index in [1.807, 2.05) is 0 Å². The van der Waals surface area contributed by atoms with Crippen molar-refractivity contribution in [2.24, 2.45) is 17.8 Å². The molecule has 254 valence electrons. The second kappa shape index (κ2) is 14.0. The maximum atomic E-state index is 3.09. The van der Waals surface area contributed by atoms with Gasteiger partial charge in [0.15, 0.2) is 0 Å². The Kier molecular flexibility index (Phi) is 9.14. The first-order valence-electron chi connectivity index (χ1n) is 20.6. The van der Waals surface area contributed by atoms with Crippen LogP contribution in [0.15, 0.2) is 65.8 Å². The number of nitrogens with zero attached hydrogens (tertiary/aromatic N) is 2. The van der Waals surface area contributed by atoms with Crippen molar-refractivity contribution in [3.05, 3.63) is 87.7 Å². The van der Waals surface area contributed by atoms with Gasteiger partial charge in [-0.1, -0.05) is 72.4 Å². The van der Waals surface area contributed by atoms with E-state index in [2.05, 4.69) is 76.3 Å². The van der Waals surface area contributed by atoms with E-state index in [9.17, 15) is 0 Å². The van der Waals surface area contributed by atoms with Crippen LogP contribution in [-0.2, 0) is 6.42 Å². The van der Waals surface area contributed by atoms with Crippen molar-refractivity contribution in [2.45, 2.75) is 159 Å². The quantitative estimate of drug-likeness (QED) is 0.281. The van der Waals surface area contributed by atoms with Crippen LogP contribution in [0.3, 0.4) is 0 Å². The molecule has 0 saturated heterocycles. The fourth-order valence-electron chi connectivity index (χ4n) is 11.7. The van der Waals surface area contributed by atoms with E-state index in [4.69, 9.17) is 0 Å². The molecule has 0 aliphatic heterocycles. The minimum atomic E-state index is 0.514. The molecular formula is C46H60N2. The Bertz CT molecular complexity index is 1660. The number of hydrogen-bond acceptors (Lipinski definition) is 1. The third-order valence-electron chi connectivity index (χ3n) is 14.1. The lowest BCUT2D eigenvalue weighted by molar-refractivity contribution is 0.0703. The molecule has 9 rings (SSSR count). The van der Waals surface area contributed by atoms with Gasteiger partial charge in [0.2, 0.25) is 0 Å². The lowest BCUT2D eigenvalue weighted by Gasteiger charge is -2.46. The predicted octanol–water partition coefficient (Wildman–Crippen LogP) is 10.2. The van der Waals surface area contributed by atoms with Crippen LogP contribution in [0.1, 0.15) is 146 Å². The molecule has 0 amide bonds. The number of fused-ring (bicyclic) bond motifs is 4. The summed E-state index contributed by atoms with van der Waals surface area (Å²) < 4.78 is 2.87. The molecular weight excluding hydrogens is 581 g/mol. The largest absolute Gasteiger partial charge is 0.334 e. The summed E-state index contributed by atoms with van der Waals surface area (Å²) in [5.41, 5.74) is 8.53. The molecule has 8 aliphatic rings. The molecule has 0 bridgehead atoms. The van der Waals surface area contributed by atoms with Gasteiger partial charge in [-0.25, -0.2) is 0 Å². The first-order valence-corrected chi connectivity index (χ1v) is 20.6. The summed E-state index contributed by atoms with van der Waals surface area (Å²) in [5, 5.41) is 3.22. The molecule has 1 aromatic heterocycles. The fraction of sp³-hybridized carbons (Fsp3) is 0.609. The van der Waals surface area contributed by atoms with Crippen molar-refractivity contribution >= 4 is 17.7 Å². The smallest absolute Gasteiger partial charge is 0.0522 e. The monoisotopic (exact) mass is 640 g/mol. The summed E-state index contributed by atoms with van der Waals surface area (Å²) >= 11 is 0. The van der Waals surface area contributed by atoms with Gasteiger partial charge in [-0.3, -0.25) is 4.90 Å². The highest BCUT2D eigenvalue weighted by molar-refractivity contribution is 5.73. The average Bonchev–Trinajstić information content (AvgIpc) is 3.51. The predicted molar refractivity (Wildman–Crippen MR) is 203 cm³/mol. The maximum absolute atomic E-state index is 3.09. The van der Waals surface area contributed by atoms with Gasteiger partial charge in [0.1, 0.15) is 0 Å². The van der Waals surface area contributed by atoms with E-state index in [1.54, 1.807) is 38.5 Å². The number of aromatic nitrogens is 1. The van der Waals surface area contributed by atoms with Gasteiger partial charge in [0.05, 0.1) is 6.04 Å².